The van der Waals surface area contributed by atoms with Gasteiger partial charge in [-0.25, -0.2) is 0 Å². The maximum absolute atomic E-state index is 10.1. The van der Waals surface area contributed by atoms with Crippen LogP contribution < -0.4 is 0 Å². The van der Waals surface area contributed by atoms with Crippen LogP contribution in [0, 0.1) is 0 Å². The highest BCUT2D eigenvalue weighted by molar-refractivity contribution is 8.02. The molecule has 0 amide bonds. The van der Waals surface area contributed by atoms with E-state index in [0.29, 0.717) is 17.8 Å². The summed E-state index contributed by atoms with van der Waals surface area (Å²) < 4.78 is 32.6. The van der Waals surface area contributed by atoms with Gasteiger partial charge in [0.25, 0.3) is 0 Å². The molecule has 6 heteroatoms. The highest BCUT2D eigenvalue weighted by Crippen LogP contribution is 2.14. The average molecular weight is 220 g/mol. The number of hydrogen-bond acceptors (Lipinski definition) is 4. The fourth-order valence-corrected chi connectivity index (χ4v) is 1.73. The molecule has 0 atom stereocenters. The summed E-state index contributed by atoms with van der Waals surface area (Å²) in [6, 6.07) is 9.20. The van der Waals surface area contributed by atoms with Gasteiger partial charge >= 0.3 is 10.4 Å². The van der Waals surface area contributed by atoms with Crippen molar-refractivity contribution < 1.29 is 16.6 Å². The van der Waals surface area contributed by atoms with E-state index >= 15 is 0 Å². The largest absolute Gasteiger partial charge is 0.408 e. The van der Waals surface area contributed by atoms with E-state index < -0.39 is 10.4 Å². The Balaban J connectivity index is 2.37. The Labute approximate surface area is 81.1 Å². The molecule has 0 fully saturated rings. The Hall–Kier alpha value is -0.560. The highest BCUT2D eigenvalue weighted by atomic mass is 32.3. The van der Waals surface area contributed by atoms with Gasteiger partial charge in [-0.3, -0.25) is 4.55 Å². The van der Waals surface area contributed by atoms with E-state index in [1.54, 1.807) is 0 Å². The zero-order valence-corrected chi connectivity index (χ0v) is 8.22. The lowest BCUT2D eigenvalue weighted by Gasteiger charge is -1.98. The van der Waals surface area contributed by atoms with Crippen LogP contribution in [0.15, 0.2) is 30.3 Å². The molecule has 1 aromatic carbocycles. The van der Waals surface area contributed by atoms with Crippen LogP contribution in [0.25, 0.3) is 0 Å². The fraction of sp³-hybridized carbons (Fsp3) is 0.143. The van der Waals surface area contributed by atoms with Gasteiger partial charge in [-0.2, -0.15) is 12.0 Å². The summed E-state index contributed by atoms with van der Waals surface area (Å²) in [6.45, 7) is 0. The summed E-state index contributed by atoms with van der Waals surface area (Å²) in [5.74, 6) is 0.376. The Bertz CT molecular complexity index is 346. The van der Waals surface area contributed by atoms with Gasteiger partial charge < -0.3 is 0 Å². The van der Waals surface area contributed by atoms with E-state index in [-0.39, 0.29) is 0 Å². The van der Waals surface area contributed by atoms with E-state index in [1.807, 2.05) is 30.3 Å². The molecule has 0 saturated carbocycles. The lowest BCUT2D eigenvalue weighted by atomic mass is 10.2. The molecule has 0 aliphatic carbocycles. The normalized spacial score (nSPS) is 11.5. The molecule has 0 aliphatic rings. The van der Waals surface area contributed by atoms with Crippen molar-refractivity contribution >= 4 is 22.4 Å². The summed E-state index contributed by atoms with van der Waals surface area (Å²) in [7, 11) is -4.33. The van der Waals surface area contributed by atoms with Crippen LogP contribution in [0.4, 0.5) is 0 Å². The zero-order chi connectivity index (χ0) is 9.73. The van der Waals surface area contributed by atoms with Gasteiger partial charge in [0, 0.05) is 17.8 Å². The van der Waals surface area contributed by atoms with Crippen molar-refractivity contribution in [2.45, 2.75) is 5.75 Å². The molecule has 1 aromatic rings. The van der Waals surface area contributed by atoms with Gasteiger partial charge in [0.15, 0.2) is 0 Å². The van der Waals surface area contributed by atoms with E-state index in [2.05, 4.69) is 3.63 Å². The molecule has 13 heavy (non-hydrogen) atoms. The maximum atomic E-state index is 10.1. The van der Waals surface area contributed by atoms with Gasteiger partial charge in [0.1, 0.15) is 0 Å². The van der Waals surface area contributed by atoms with Crippen molar-refractivity contribution in [2.24, 2.45) is 0 Å². The molecule has 0 heterocycles. The van der Waals surface area contributed by atoms with Crippen molar-refractivity contribution in [3.8, 4) is 0 Å². The second kappa shape index (κ2) is 4.61. The van der Waals surface area contributed by atoms with Crippen LogP contribution in [-0.4, -0.2) is 13.0 Å². The Morgan fingerprint density at radius 2 is 1.92 bits per heavy atom. The first-order valence-electron chi connectivity index (χ1n) is 3.40. The minimum atomic E-state index is -4.33. The summed E-state index contributed by atoms with van der Waals surface area (Å²) in [5.41, 5.74) is 0.927. The smallest absolute Gasteiger partial charge is 0.263 e. The minimum absolute atomic E-state index is 0.376. The van der Waals surface area contributed by atoms with Crippen LogP contribution in [0.5, 0.6) is 0 Å². The second-order valence-corrected chi connectivity index (χ2v) is 4.17. The molecule has 1 N–H and O–H groups in total. The topological polar surface area (TPSA) is 63.6 Å². The summed E-state index contributed by atoms with van der Waals surface area (Å²) in [5, 5.41) is 0. The summed E-state index contributed by atoms with van der Waals surface area (Å²) >= 11 is 0.675. The minimum Gasteiger partial charge on any atom is -0.263 e. The van der Waals surface area contributed by atoms with Crippen LogP contribution in [0.2, 0.25) is 0 Å². The molecule has 0 unspecified atom stereocenters. The van der Waals surface area contributed by atoms with Gasteiger partial charge in [-0.1, -0.05) is 30.3 Å². The van der Waals surface area contributed by atoms with Crippen LogP contribution in [0.1, 0.15) is 5.56 Å². The molecule has 0 saturated heterocycles. The Kier molecular flexibility index (Phi) is 3.73. The molecule has 0 aromatic heterocycles. The zero-order valence-electron chi connectivity index (χ0n) is 6.58. The molecule has 0 aliphatic heterocycles. The predicted molar refractivity (Wildman–Crippen MR) is 50.4 cm³/mol. The fourth-order valence-electron chi connectivity index (χ4n) is 0.727. The first-order chi connectivity index (χ1) is 6.08. The number of benzene rings is 1. The van der Waals surface area contributed by atoms with E-state index in [0.717, 1.165) is 5.56 Å². The van der Waals surface area contributed by atoms with Crippen molar-refractivity contribution in [1.82, 2.24) is 0 Å². The van der Waals surface area contributed by atoms with Crippen molar-refractivity contribution in [1.29, 1.82) is 0 Å². The highest BCUT2D eigenvalue weighted by Gasteiger charge is 2.04. The van der Waals surface area contributed by atoms with E-state index in [9.17, 15) is 8.42 Å². The van der Waals surface area contributed by atoms with Crippen molar-refractivity contribution in [2.75, 3.05) is 0 Å². The van der Waals surface area contributed by atoms with Gasteiger partial charge in [-0.15, -0.1) is 0 Å². The van der Waals surface area contributed by atoms with E-state index in [4.69, 9.17) is 4.55 Å². The molecule has 1 rings (SSSR count). The molecule has 4 nitrogen and oxygen atoms in total. The molecular formula is C7H8O4S2. The first-order valence-corrected chi connectivity index (χ1v) is 5.68. The third-order valence-corrected chi connectivity index (χ3v) is 2.73. The summed E-state index contributed by atoms with van der Waals surface area (Å²) in [6.07, 6.45) is 0. The van der Waals surface area contributed by atoms with Gasteiger partial charge in [-0.05, 0) is 5.56 Å². The third-order valence-electron chi connectivity index (χ3n) is 1.20. The first kappa shape index (κ1) is 10.5. The predicted octanol–water partition coefficient (Wildman–Crippen LogP) is 1.65. The van der Waals surface area contributed by atoms with Crippen LogP contribution in [0.3, 0.4) is 0 Å². The monoisotopic (exact) mass is 220 g/mol. The maximum Gasteiger partial charge on any atom is 0.408 e. The van der Waals surface area contributed by atoms with Crippen LogP contribution in [-0.2, 0) is 19.8 Å². The molecule has 0 bridgehead atoms. The molecular weight excluding hydrogens is 212 g/mol. The quantitative estimate of drug-likeness (QED) is 0.617. The molecule has 0 radical (unpaired) electrons. The number of rotatable bonds is 4. The SMILES string of the molecule is O=S(=O)(O)OSCc1ccccc1. The molecule has 72 valence electrons. The van der Waals surface area contributed by atoms with Gasteiger partial charge in [0.2, 0.25) is 0 Å². The van der Waals surface area contributed by atoms with Crippen LogP contribution >= 0.6 is 12.0 Å². The van der Waals surface area contributed by atoms with Crippen molar-refractivity contribution in [3.05, 3.63) is 35.9 Å². The lowest BCUT2D eigenvalue weighted by Crippen LogP contribution is -1.96. The number of hydrogen-bond donors (Lipinski definition) is 1. The van der Waals surface area contributed by atoms with Crippen molar-refractivity contribution in [3.63, 3.8) is 0 Å². The van der Waals surface area contributed by atoms with Gasteiger partial charge in [0.05, 0.1) is 0 Å². The average Bonchev–Trinajstić information content (AvgIpc) is 2.04. The summed E-state index contributed by atoms with van der Waals surface area (Å²) in [4.78, 5) is 0. The third kappa shape index (κ3) is 4.89. The van der Waals surface area contributed by atoms with E-state index in [1.165, 1.54) is 0 Å². The molecule has 0 spiro atoms. The lowest BCUT2D eigenvalue weighted by molar-refractivity contribution is 0.407. The Morgan fingerprint density at radius 3 is 2.46 bits per heavy atom. The standard InChI is InChI=1S/C7H8O4S2/c8-13(9,10)11-12-6-7-4-2-1-3-5-7/h1-5H,6H2,(H,8,9,10). The second-order valence-electron chi connectivity index (χ2n) is 2.24. The Morgan fingerprint density at radius 1 is 1.31 bits per heavy atom.